The van der Waals surface area contributed by atoms with Gasteiger partial charge in [0.1, 0.15) is 5.82 Å². The number of rotatable bonds is 4. The molecule has 0 unspecified atom stereocenters. The molecule has 2 nitrogen and oxygen atoms in total. The molecule has 3 N–H and O–H groups in total. The second kappa shape index (κ2) is 5.45. The van der Waals surface area contributed by atoms with E-state index >= 15 is 0 Å². The summed E-state index contributed by atoms with van der Waals surface area (Å²) in [5, 5.41) is 9.80. The molecule has 84 valence electrons. The van der Waals surface area contributed by atoms with Crippen LogP contribution in [0.1, 0.15) is 31.4 Å². The van der Waals surface area contributed by atoms with Gasteiger partial charge in [-0.25, -0.2) is 4.39 Å². The van der Waals surface area contributed by atoms with E-state index in [1.165, 1.54) is 12.1 Å². The van der Waals surface area contributed by atoms with Gasteiger partial charge in [-0.05, 0) is 12.5 Å². The van der Waals surface area contributed by atoms with Crippen molar-refractivity contribution in [1.29, 1.82) is 0 Å². The summed E-state index contributed by atoms with van der Waals surface area (Å²) in [5.74, 6) is -0.531. The van der Waals surface area contributed by atoms with E-state index in [0.29, 0.717) is 12.0 Å². The van der Waals surface area contributed by atoms with Crippen molar-refractivity contribution in [3.8, 4) is 0 Å². The molecule has 0 fully saturated rings. The van der Waals surface area contributed by atoms with Crippen molar-refractivity contribution in [2.45, 2.75) is 31.9 Å². The fourth-order valence-corrected chi connectivity index (χ4v) is 1.71. The van der Waals surface area contributed by atoms with Crippen LogP contribution in [0.4, 0.5) is 4.39 Å². The summed E-state index contributed by atoms with van der Waals surface area (Å²) in [6.45, 7) is 1.97. The first-order valence-corrected chi connectivity index (χ1v) is 5.33. The second-order valence-electron chi connectivity index (χ2n) is 3.54. The summed E-state index contributed by atoms with van der Waals surface area (Å²) < 4.78 is 13.1. The fraction of sp³-hybridized carbons (Fsp3) is 0.455. The van der Waals surface area contributed by atoms with Crippen LogP contribution in [0.2, 0.25) is 5.02 Å². The zero-order valence-corrected chi connectivity index (χ0v) is 9.34. The highest BCUT2D eigenvalue weighted by Crippen LogP contribution is 2.27. The topological polar surface area (TPSA) is 46.2 Å². The van der Waals surface area contributed by atoms with Crippen LogP contribution >= 0.6 is 11.6 Å². The number of halogens is 2. The van der Waals surface area contributed by atoms with Gasteiger partial charge in [0.25, 0.3) is 0 Å². The molecule has 0 aliphatic heterocycles. The van der Waals surface area contributed by atoms with Gasteiger partial charge < -0.3 is 10.8 Å². The average Bonchev–Trinajstić information content (AvgIpc) is 2.21. The van der Waals surface area contributed by atoms with Gasteiger partial charge in [-0.1, -0.05) is 37.1 Å². The Balaban J connectivity index is 2.90. The Morgan fingerprint density at radius 2 is 2.20 bits per heavy atom. The first-order chi connectivity index (χ1) is 7.07. The monoisotopic (exact) mass is 231 g/mol. The van der Waals surface area contributed by atoms with Gasteiger partial charge in [-0.2, -0.15) is 0 Å². The second-order valence-corrected chi connectivity index (χ2v) is 3.92. The highest BCUT2D eigenvalue weighted by atomic mass is 35.5. The number of aliphatic hydroxyl groups is 1. The molecule has 0 heterocycles. The minimum atomic E-state index is -0.909. The fourth-order valence-electron chi connectivity index (χ4n) is 1.47. The molecule has 0 aromatic heterocycles. The Morgan fingerprint density at radius 3 is 2.80 bits per heavy atom. The van der Waals surface area contributed by atoms with Crippen molar-refractivity contribution in [3.63, 3.8) is 0 Å². The van der Waals surface area contributed by atoms with Crippen LogP contribution in [0.5, 0.6) is 0 Å². The minimum absolute atomic E-state index is 0.0449. The minimum Gasteiger partial charge on any atom is -0.387 e. The molecule has 0 aliphatic rings. The first kappa shape index (κ1) is 12.4. The van der Waals surface area contributed by atoms with Gasteiger partial charge in [0.15, 0.2) is 0 Å². The van der Waals surface area contributed by atoms with Crippen molar-refractivity contribution in [1.82, 2.24) is 0 Å². The third-order valence-electron chi connectivity index (χ3n) is 2.33. The predicted molar refractivity (Wildman–Crippen MR) is 59.3 cm³/mol. The lowest BCUT2D eigenvalue weighted by Crippen LogP contribution is -2.28. The molecule has 1 aromatic carbocycles. The van der Waals surface area contributed by atoms with E-state index in [1.54, 1.807) is 6.07 Å². The molecule has 1 aromatic rings. The Kier molecular flexibility index (Phi) is 4.51. The van der Waals surface area contributed by atoms with Crippen LogP contribution in [0.3, 0.4) is 0 Å². The zero-order chi connectivity index (χ0) is 11.4. The van der Waals surface area contributed by atoms with E-state index in [1.807, 2.05) is 6.92 Å². The molecule has 0 spiro atoms. The number of benzene rings is 1. The standard InChI is InChI=1S/C11H15ClFNO/c1-2-4-9(14)11(15)7-5-3-6-8(13)10(7)12/h3,5-6,9,11,15H,2,4,14H2,1H3/t9-,11-/m1/s1. The third kappa shape index (κ3) is 2.91. The van der Waals surface area contributed by atoms with E-state index in [9.17, 15) is 9.50 Å². The number of aliphatic hydroxyl groups excluding tert-OH is 1. The Hall–Kier alpha value is -0.640. The summed E-state index contributed by atoms with van der Waals surface area (Å²) >= 11 is 5.74. The van der Waals surface area contributed by atoms with Gasteiger partial charge in [-0.3, -0.25) is 0 Å². The highest BCUT2D eigenvalue weighted by Gasteiger charge is 2.20. The molecular formula is C11H15ClFNO. The van der Waals surface area contributed by atoms with Gasteiger partial charge in [-0.15, -0.1) is 0 Å². The van der Waals surface area contributed by atoms with Crippen molar-refractivity contribution in [3.05, 3.63) is 34.6 Å². The number of nitrogens with two attached hydrogens (primary N) is 1. The zero-order valence-electron chi connectivity index (χ0n) is 8.58. The average molecular weight is 232 g/mol. The van der Waals surface area contributed by atoms with E-state index in [2.05, 4.69) is 0 Å². The van der Waals surface area contributed by atoms with E-state index < -0.39 is 18.0 Å². The van der Waals surface area contributed by atoms with Crippen LogP contribution in [0, 0.1) is 5.82 Å². The lowest BCUT2D eigenvalue weighted by atomic mass is 9.99. The smallest absolute Gasteiger partial charge is 0.142 e. The lowest BCUT2D eigenvalue weighted by molar-refractivity contribution is 0.141. The predicted octanol–water partition coefficient (Wildman–Crippen LogP) is 2.64. The van der Waals surface area contributed by atoms with Gasteiger partial charge in [0, 0.05) is 11.6 Å². The molecular weight excluding hydrogens is 217 g/mol. The Morgan fingerprint density at radius 1 is 1.53 bits per heavy atom. The SMILES string of the molecule is CCC[C@@H](N)[C@H](O)c1cccc(F)c1Cl. The third-order valence-corrected chi connectivity index (χ3v) is 2.73. The van der Waals surface area contributed by atoms with Crippen molar-refractivity contribution in [2.24, 2.45) is 5.73 Å². The summed E-state index contributed by atoms with van der Waals surface area (Å²) in [6, 6.07) is 3.95. The van der Waals surface area contributed by atoms with E-state index in [-0.39, 0.29) is 5.02 Å². The van der Waals surface area contributed by atoms with Gasteiger partial charge in [0.2, 0.25) is 0 Å². The van der Waals surface area contributed by atoms with Crippen molar-refractivity contribution >= 4 is 11.6 Å². The largest absolute Gasteiger partial charge is 0.387 e. The maximum atomic E-state index is 13.1. The molecule has 0 aliphatic carbocycles. The maximum absolute atomic E-state index is 13.1. The van der Waals surface area contributed by atoms with E-state index in [0.717, 1.165) is 6.42 Å². The number of hydrogen-bond acceptors (Lipinski definition) is 2. The summed E-state index contributed by atoms with van der Waals surface area (Å²) in [4.78, 5) is 0. The van der Waals surface area contributed by atoms with Crippen LogP contribution in [0.15, 0.2) is 18.2 Å². The molecule has 0 bridgehead atoms. The van der Waals surface area contributed by atoms with Crippen LogP contribution in [-0.4, -0.2) is 11.1 Å². The summed E-state index contributed by atoms with van der Waals surface area (Å²) in [6.07, 6.45) is 0.632. The van der Waals surface area contributed by atoms with Crippen molar-refractivity contribution < 1.29 is 9.50 Å². The molecule has 0 amide bonds. The lowest BCUT2D eigenvalue weighted by Gasteiger charge is -2.19. The summed E-state index contributed by atoms with van der Waals surface area (Å²) in [5.41, 5.74) is 6.11. The molecule has 0 saturated carbocycles. The molecule has 0 saturated heterocycles. The van der Waals surface area contributed by atoms with Crippen LogP contribution < -0.4 is 5.73 Å². The molecule has 15 heavy (non-hydrogen) atoms. The highest BCUT2D eigenvalue weighted by molar-refractivity contribution is 6.31. The van der Waals surface area contributed by atoms with Crippen LogP contribution in [0.25, 0.3) is 0 Å². The molecule has 1 rings (SSSR count). The van der Waals surface area contributed by atoms with Crippen LogP contribution in [-0.2, 0) is 0 Å². The number of hydrogen-bond donors (Lipinski definition) is 2. The Bertz CT molecular complexity index is 332. The van der Waals surface area contributed by atoms with Gasteiger partial charge in [0.05, 0.1) is 11.1 Å². The van der Waals surface area contributed by atoms with Gasteiger partial charge >= 0.3 is 0 Å². The molecule has 4 heteroatoms. The maximum Gasteiger partial charge on any atom is 0.142 e. The Labute approximate surface area is 93.9 Å². The normalized spacial score (nSPS) is 15.0. The molecule has 2 atom stereocenters. The molecule has 0 radical (unpaired) electrons. The first-order valence-electron chi connectivity index (χ1n) is 4.95. The quantitative estimate of drug-likeness (QED) is 0.837. The summed E-state index contributed by atoms with van der Waals surface area (Å²) in [7, 11) is 0. The van der Waals surface area contributed by atoms with E-state index in [4.69, 9.17) is 17.3 Å². The van der Waals surface area contributed by atoms with Crippen molar-refractivity contribution in [2.75, 3.05) is 0 Å².